The van der Waals surface area contributed by atoms with E-state index in [2.05, 4.69) is 30.4 Å². The van der Waals surface area contributed by atoms with E-state index in [9.17, 15) is 9.18 Å². The van der Waals surface area contributed by atoms with Gasteiger partial charge in [0.2, 0.25) is 0 Å². The summed E-state index contributed by atoms with van der Waals surface area (Å²) < 4.78 is 16.5. The van der Waals surface area contributed by atoms with Gasteiger partial charge in [0, 0.05) is 24.2 Å². The number of hydrogen-bond donors (Lipinski definition) is 2. The molecule has 8 nitrogen and oxygen atoms in total. The Morgan fingerprint density at radius 3 is 2.67 bits per heavy atom. The first-order chi connectivity index (χ1) is 17.6. The number of hydrogen-bond acceptors (Lipinski definition) is 5. The number of aromatic nitrogens is 6. The lowest BCUT2D eigenvalue weighted by atomic mass is 9.96. The molecule has 2 fully saturated rings. The Morgan fingerprint density at radius 2 is 1.83 bits per heavy atom. The van der Waals surface area contributed by atoms with E-state index in [1.807, 2.05) is 16.9 Å². The van der Waals surface area contributed by atoms with Gasteiger partial charge in [0.1, 0.15) is 23.5 Å². The van der Waals surface area contributed by atoms with Crippen molar-refractivity contribution < 1.29 is 9.18 Å². The predicted molar refractivity (Wildman–Crippen MR) is 134 cm³/mol. The van der Waals surface area contributed by atoms with E-state index in [4.69, 9.17) is 0 Å². The average Bonchev–Trinajstić information content (AvgIpc) is 3.67. The number of nitrogens with zero attached hydrogens (tertiary/aromatic N) is 5. The second kappa shape index (κ2) is 9.79. The average molecular weight is 488 g/mol. The zero-order valence-corrected chi connectivity index (χ0v) is 20.2. The molecule has 0 spiro atoms. The van der Waals surface area contributed by atoms with Crippen LogP contribution in [0, 0.1) is 5.82 Å². The minimum Gasteiger partial charge on any atom is -0.347 e. The SMILES string of the molecule is O=C(NCc1cc(F)cc(-c2cnn(C3CCCCC3)c2)c1)c1ncnc2nc(C3CCCC3)[nH]c12. The summed E-state index contributed by atoms with van der Waals surface area (Å²) in [5.41, 5.74) is 3.60. The Kier molecular flexibility index (Phi) is 6.21. The molecule has 0 bridgehead atoms. The minimum absolute atomic E-state index is 0.176. The lowest BCUT2D eigenvalue weighted by Crippen LogP contribution is -2.24. The summed E-state index contributed by atoms with van der Waals surface area (Å²) in [5.74, 6) is 0.560. The first kappa shape index (κ1) is 22.8. The van der Waals surface area contributed by atoms with Gasteiger partial charge in [-0.05, 0) is 55.0 Å². The van der Waals surface area contributed by atoms with Gasteiger partial charge in [0.15, 0.2) is 11.3 Å². The molecule has 1 amide bonds. The molecule has 1 aromatic carbocycles. The first-order valence-corrected chi connectivity index (χ1v) is 13.0. The van der Waals surface area contributed by atoms with Crippen LogP contribution in [-0.4, -0.2) is 35.6 Å². The normalized spacial score (nSPS) is 17.1. The molecule has 0 atom stereocenters. The molecule has 4 aromatic rings. The topological polar surface area (TPSA) is 101 Å². The second-order valence-electron chi connectivity index (χ2n) is 10.1. The summed E-state index contributed by atoms with van der Waals surface area (Å²) in [7, 11) is 0. The smallest absolute Gasteiger partial charge is 0.272 e. The number of rotatable bonds is 6. The zero-order chi connectivity index (χ0) is 24.5. The summed E-state index contributed by atoms with van der Waals surface area (Å²) in [6, 6.07) is 5.27. The maximum atomic E-state index is 14.5. The fraction of sp³-hybridized carbons (Fsp3) is 0.444. The highest BCUT2D eigenvalue weighted by Gasteiger charge is 2.23. The first-order valence-electron chi connectivity index (χ1n) is 13.0. The van der Waals surface area contributed by atoms with Crippen molar-refractivity contribution in [3.05, 3.63) is 59.8 Å². The summed E-state index contributed by atoms with van der Waals surface area (Å²) in [4.78, 5) is 29.4. The number of carbonyl (C=O) groups is 1. The van der Waals surface area contributed by atoms with Gasteiger partial charge in [-0.15, -0.1) is 0 Å². The highest BCUT2D eigenvalue weighted by atomic mass is 19.1. The van der Waals surface area contributed by atoms with E-state index in [0.717, 1.165) is 42.6 Å². The number of nitrogens with one attached hydrogen (secondary N) is 2. The zero-order valence-electron chi connectivity index (χ0n) is 20.2. The molecule has 0 aliphatic heterocycles. The van der Waals surface area contributed by atoms with Crippen molar-refractivity contribution >= 4 is 17.1 Å². The van der Waals surface area contributed by atoms with E-state index in [0.29, 0.717) is 28.7 Å². The molecule has 6 rings (SSSR count). The molecule has 9 heteroatoms. The van der Waals surface area contributed by atoms with Crippen LogP contribution in [0.4, 0.5) is 4.39 Å². The molecule has 2 N–H and O–H groups in total. The molecular weight excluding hydrogens is 457 g/mol. The number of amides is 1. The van der Waals surface area contributed by atoms with Crippen molar-refractivity contribution in [1.82, 2.24) is 35.0 Å². The van der Waals surface area contributed by atoms with Crippen molar-refractivity contribution in [1.29, 1.82) is 0 Å². The standard InChI is InChI=1S/C27H30FN7O/c28-21-11-17(10-19(12-21)20-14-32-35(15-20)22-8-2-1-3-9-22)13-29-27(36)24-23-26(31-16-30-24)34-25(33-23)18-6-4-5-7-18/h10-12,14-16,18,22H,1-9,13H2,(H,29,36)(H,30,31,33,34). The predicted octanol–water partition coefficient (Wildman–Crippen LogP) is 5.45. The van der Waals surface area contributed by atoms with Gasteiger partial charge in [0.25, 0.3) is 5.91 Å². The fourth-order valence-electron chi connectivity index (χ4n) is 5.63. The number of benzene rings is 1. The van der Waals surface area contributed by atoms with Crippen molar-refractivity contribution in [3.8, 4) is 11.1 Å². The van der Waals surface area contributed by atoms with Crippen LogP contribution in [0.15, 0.2) is 36.9 Å². The molecular formula is C27H30FN7O. The van der Waals surface area contributed by atoms with E-state index in [1.54, 1.807) is 6.20 Å². The number of aromatic amines is 1. The van der Waals surface area contributed by atoms with Gasteiger partial charge in [-0.2, -0.15) is 5.10 Å². The van der Waals surface area contributed by atoms with Crippen LogP contribution in [0.5, 0.6) is 0 Å². The highest BCUT2D eigenvalue weighted by Crippen LogP contribution is 2.33. The number of halogens is 1. The summed E-state index contributed by atoms with van der Waals surface area (Å²) in [5, 5.41) is 7.43. The quantitative estimate of drug-likeness (QED) is 0.377. The van der Waals surface area contributed by atoms with Crippen LogP contribution < -0.4 is 5.32 Å². The van der Waals surface area contributed by atoms with Crippen LogP contribution >= 0.6 is 0 Å². The van der Waals surface area contributed by atoms with Crippen LogP contribution in [0.2, 0.25) is 0 Å². The highest BCUT2D eigenvalue weighted by molar-refractivity contribution is 6.02. The number of H-pyrrole nitrogens is 1. The number of carbonyl (C=O) groups excluding carboxylic acids is 1. The minimum atomic E-state index is -0.347. The number of fused-ring (bicyclic) bond motifs is 1. The summed E-state index contributed by atoms with van der Waals surface area (Å²) >= 11 is 0. The third kappa shape index (κ3) is 4.62. The van der Waals surface area contributed by atoms with Gasteiger partial charge in [0.05, 0.1) is 12.2 Å². The maximum Gasteiger partial charge on any atom is 0.272 e. The van der Waals surface area contributed by atoms with Gasteiger partial charge in [-0.25, -0.2) is 19.3 Å². The molecule has 0 radical (unpaired) electrons. The van der Waals surface area contributed by atoms with Crippen molar-refractivity contribution in [2.45, 2.75) is 76.3 Å². The third-order valence-electron chi connectivity index (χ3n) is 7.56. The molecule has 36 heavy (non-hydrogen) atoms. The van der Waals surface area contributed by atoms with E-state index >= 15 is 0 Å². The second-order valence-corrected chi connectivity index (χ2v) is 10.1. The largest absolute Gasteiger partial charge is 0.347 e. The molecule has 3 heterocycles. The maximum absolute atomic E-state index is 14.5. The summed E-state index contributed by atoms with van der Waals surface area (Å²) in [6.45, 7) is 0.176. The molecule has 0 unspecified atom stereocenters. The van der Waals surface area contributed by atoms with Gasteiger partial charge in [-0.3, -0.25) is 9.48 Å². The van der Waals surface area contributed by atoms with Crippen LogP contribution in [0.25, 0.3) is 22.3 Å². The van der Waals surface area contributed by atoms with Crippen LogP contribution in [-0.2, 0) is 6.54 Å². The van der Waals surface area contributed by atoms with Crippen molar-refractivity contribution in [2.24, 2.45) is 0 Å². The number of imidazole rings is 1. The van der Waals surface area contributed by atoms with E-state index < -0.39 is 0 Å². The molecule has 2 aliphatic carbocycles. The Bertz CT molecular complexity index is 1380. The Hall–Kier alpha value is -3.62. The summed E-state index contributed by atoms with van der Waals surface area (Å²) in [6.07, 6.45) is 15.7. The molecule has 0 saturated heterocycles. The molecule has 186 valence electrons. The van der Waals surface area contributed by atoms with E-state index in [1.165, 1.54) is 50.6 Å². The van der Waals surface area contributed by atoms with Gasteiger partial charge >= 0.3 is 0 Å². The lowest BCUT2D eigenvalue weighted by molar-refractivity contribution is 0.0947. The molecule has 3 aromatic heterocycles. The van der Waals surface area contributed by atoms with Crippen LogP contribution in [0.3, 0.4) is 0 Å². The Balaban J connectivity index is 1.18. The van der Waals surface area contributed by atoms with Crippen molar-refractivity contribution in [2.75, 3.05) is 0 Å². The Morgan fingerprint density at radius 1 is 1.03 bits per heavy atom. The molecule has 2 saturated carbocycles. The van der Waals surface area contributed by atoms with Crippen LogP contribution in [0.1, 0.15) is 91.6 Å². The lowest BCUT2D eigenvalue weighted by Gasteiger charge is -2.21. The van der Waals surface area contributed by atoms with Crippen molar-refractivity contribution in [3.63, 3.8) is 0 Å². The van der Waals surface area contributed by atoms with Gasteiger partial charge < -0.3 is 10.3 Å². The monoisotopic (exact) mass is 487 g/mol. The molecule has 2 aliphatic rings. The fourth-order valence-corrected chi connectivity index (χ4v) is 5.63. The van der Waals surface area contributed by atoms with Gasteiger partial charge in [-0.1, -0.05) is 32.1 Å². The Labute approximate surface area is 208 Å². The van der Waals surface area contributed by atoms with E-state index in [-0.39, 0.29) is 24.0 Å². The third-order valence-corrected chi connectivity index (χ3v) is 7.56.